The van der Waals surface area contributed by atoms with Gasteiger partial charge in [0.15, 0.2) is 0 Å². The lowest BCUT2D eigenvalue weighted by molar-refractivity contribution is 0.728. The summed E-state index contributed by atoms with van der Waals surface area (Å²) in [4.78, 5) is 4.75. The second kappa shape index (κ2) is 10.6. The Kier molecular flexibility index (Phi) is 6.53. The van der Waals surface area contributed by atoms with Crippen molar-refractivity contribution in [2.45, 2.75) is 26.7 Å². The van der Waals surface area contributed by atoms with E-state index in [0.717, 1.165) is 18.5 Å². The smallest absolute Gasteiger partial charge is 0.0464 e. The number of benzene rings is 5. The zero-order chi connectivity index (χ0) is 27.8. The summed E-state index contributed by atoms with van der Waals surface area (Å²) in [6.45, 7) is 4.41. The van der Waals surface area contributed by atoms with Gasteiger partial charge in [0, 0.05) is 34.1 Å². The number of para-hydroxylation sites is 2. The summed E-state index contributed by atoms with van der Waals surface area (Å²) in [5.74, 6) is 0.579. The highest BCUT2D eigenvalue weighted by atomic mass is 15.1. The fourth-order valence-corrected chi connectivity index (χ4v) is 6.09. The first kappa shape index (κ1) is 25.2. The summed E-state index contributed by atoms with van der Waals surface area (Å²) < 4.78 is 0. The van der Waals surface area contributed by atoms with E-state index in [2.05, 4.69) is 163 Å². The summed E-state index contributed by atoms with van der Waals surface area (Å²) >= 11 is 0. The van der Waals surface area contributed by atoms with Gasteiger partial charge in [-0.15, -0.1) is 0 Å². The van der Waals surface area contributed by atoms with Crippen molar-refractivity contribution in [1.82, 2.24) is 0 Å². The number of allylic oxidation sites excluding steroid dienone is 3. The number of anilines is 5. The molecule has 2 nitrogen and oxygen atoms in total. The number of nitrogens with zero attached hydrogens (tertiary/aromatic N) is 2. The molecule has 41 heavy (non-hydrogen) atoms. The fourth-order valence-electron chi connectivity index (χ4n) is 6.09. The normalized spacial score (nSPS) is 15.2. The van der Waals surface area contributed by atoms with Crippen molar-refractivity contribution in [2.75, 3.05) is 9.80 Å². The van der Waals surface area contributed by atoms with Crippen LogP contribution in [0.15, 0.2) is 145 Å². The molecule has 0 fully saturated rings. The summed E-state index contributed by atoms with van der Waals surface area (Å²) in [5.41, 5.74) is 13.8. The van der Waals surface area contributed by atoms with Gasteiger partial charge in [-0.25, -0.2) is 0 Å². The fraction of sp³-hybridized carbons (Fsp3) is 0.128. The Balaban J connectivity index is 1.26. The molecule has 7 rings (SSSR count). The minimum atomic E-state index is 0.579. The largest absolute Gasteiger partial charge is 0.311 e. The molecule has 0 saturated carbocycles. The van der Waals surface area contributed by atoms with Gasteiger partial charge in [-0.2, -0.15) is 0 Å². The first-order chi connectivity index (χ1) is 20.1. The van der Waals surface area contributed by atoms with E-state index in [-0.39, 0.29) is 0 Å². The van der Waals surface area contributed by atoms with E-state index >= 15 is 0 Å². The standard InChI is InChI=1S/C39H34N2/c1-28-13-17-34(18-14-28)40(32-9-5-3-6-10-32)36-21-23-38-30(26-36)25-31-27-37(22-24-39(31)38)41(33-11-7-4-8-12-33)35-19-15-29(2)16-20-35/h3-15,17-24,26-27,29H,16,25H2,1-2H3. The molecule has 1 atom stereocenters. The van der Waals surface area contributed by atoms with Crippen LogP contribution in [0.1, 0.15) is 30.0 Å². The van der Waals surface area contributed by atoms with Gasteiger partial charge in [-0.1, -0.05) is 85.3 Å². The first-order valence-corrected chi connectivity index (χ1v) is 14.6. The van der Waals surface area contributed by atoms with Gasteiger partial charge >= 0.3 is 0 Å². The van der Waals surface area contributed by atoms with Gasteiger partial charge in [0.05, 0.1) is 0 Å². The van der Waals surface area contributed by atoms with Crippen LogP contribution in [0, 0.1) is 12.8 Å². The van der Waals surface area contributed by atoms with Gasteiger partial charge in [-0.05, 0) is 115 Å². The van der Waals surface area contributed by atoms with Crippen LogP contribution >= 0.6 is 0 Å². The van der Waals surface area contributed by atoms with Gasteiger partial charge in [-0.3, -0.25) is 0 Å². The maximum Gasteiger partial charge on any atom is 0.0464 e. The molecule has 200 valence electrons. The molecule has 0 heterocycles. The monoisotopic (exact) mass is 530 g/mol. The van der Waals surface area contributed by atoms with Crippen molar-refractivity contribution in [2.24, 2.45) is 5.92 Å². The maximum atomic E-state index is 2.39. The molecule has 0 aliphatic heterocycles. The lowest BCUT2D eigenvalue weighted by atomic mass is 9.99. The lowest BCUT2D eigenvalue weighted by Gasteiger charge is -2.29. The van der Waals surface area contributed by atoms with Crippen LogP contribution in [0.2, 0.25) is 0 Å². The van der Waals surface area contributed by atoms with Crippen molar-refractivity contribution < 1.29 is 0 Å². The minimum absolute atomic E-state index is 0.579. The van der Waals surface area contributed by atoms with Crippen molar-refractivity contribution in [3.8, 4) is 11.1 Å². The van der Waals surface area contributed by atoms with Gasteiger partial charge in [0.1, 0.15) is 0 Å². The van der Waals surface area contributed by atoms with Crippen LogP contribution in [0.4, 0.5) is 28.4 Å². The SMILES string of the molecule is Cc1ccc(N(c2ccccc2)c2ccc3c(c2)Cc2cc(N(C4=CCC(C)C=C4)c4ccccc4)ccc2-3)cc1. The van der Waals surface area contributed by atoms with E-state index in [1.165, 1.54) is 56.3 Å². The second-order valence-electron chi connectivity index (χ2n) is 11.2. The summed E-state index contributed by atoms with van der Waals surface area (Å²) in [5, 5.41) is 0. The number of aryl methyl sites for hydroxylation is 1. The molecule has 0 N–H and O–H groups in total. The molecular formula is C39H34N2. The number of fused-ring (bicyclic) bond motifs is 3. The molecule has 0 bridgehead atoms. The van der Waals surface area contributed by atoms with Crippen LogP contribution in [0.25, 0.3) is 11.1 Å². The van der Waals surface area contributed by atoms with E-state index in [0.29, 0.717) is 5.92 Å². The molecule has 5 aromatic carbocycles. The Morgan fingerprint density at radius 3 is 1.63 bits per heavy atom. The van der Waals surface area contributed by atoms with E-state index in [1.54, 1.807) is 0 Å². The number of rotatable bonds is 6. The third-order valence-corrected chi connectivity index (χ3v) is 8.24. The highest BCUT2D eigenvalue weighted by molar-refractivity contribution is 5.85. The van der Waals surface area contributed by atoms with Crippen molar-refractivity contribution in [3.05, 3.63) is 162 Å². The average molecular weight is 531 g/mol. The molecular weight excluding hydrogens is 496 g/mol. The van der Waals surface area contributed by atoms with Crippen LogP contribution in [-0.2, 0) is 6.42 Å². The molecule has 2 heteroatoms. The van der Waals surface area contributed by atoms with Gasteiger partial charge in [0.25, 0.3) is 0 Å². The summed E-state index contributed by atoms with van der Waals surface area (Å²) in [7, 11) is 0. The Hall–Kier alpha value is -4.82. The third kappa shape index (κ3) is 4.87. The molecule has 0 saturated heterocycles. The van der Waals surface area contributed by atoms with Crippen molar-refractivity contribution in [3.63, 3.8) is 0 Å². The Bertz CT molecular complexity index is 1750. The summed E-state index contributed by atoms with van der Waals surface area (Å²) in [6.07, 6.45) is 8.96. The maximum absolute atomic E-state index is 2.39. The molecule has 0 spiro atoms. The minimum Gasteiger partial charge on any atom is -0.311 e. The average Bonchev–Trinajstić information content (AvgIpc) is 3.38. The molecule has 2 aliphatic rings. The predicted molar refractivity (Wildman–Crippen MR) is 174 cm³/mol. The van der Waals surface area contributed by atoms with E-state index in [9.17, 15) is 0 Å². The molecule has 0 amide bonds. The van der Waals surface area contributed by atoms with Crippen LogP contribution in [0.5, 0.6) is 0 Å². The highest BCUT2D eigenvalue weighted by Gasteiger charge is 2.23. The van der Waals surface area contributed by atoms with Crippen LogP contribution < -0.4 is 9.80 Å². The molecule has 2 aliphatic carbocycles. The lowest BCUT2D eigenvalue weighted by Crippen LogP contribution is -2.17. The zero-order valence-corrected chi connectivity index (χ0v) is 23.7. The van der Waals surface area contributed by atoms with E-state index in [1.807, 2.05) is 0 Å². The number of hydrogen-bond donors (Lipinski definition) is 0. The highest BCUT2D eigenvalue weighted by Crippen LogP contribution is 2.44. The van der Waals surface area contributed by atoms with Crippen molar-refractivity contribution in [1.29, 1.82) is 0 Å². The first-order valence-electron chi connectivity index (χ1n) is 14.6. The van der Waals surface area contributed by atoms with E-state index in [4.69, 9.17) is 0 Å². The Labute approximate surface area is 243 Å². The third-order valence-electron chi connectivity index (χ3n) is 8.24. The molecule has 5 aromatic rings. The van der Waals surface area contributed by atoms with Crippen LogP contribution in [-0.4, -0.2) is 0 Å². The van der Waals surface area contributed by atoms with Crippen molar-refractivity contribution >= 4 is 28.4 Å². The molecule has 0 radical (unpaired) electrons. The second-order valence-corrected chi connectivity index (χ2v) is 11.2. The zero-order valence-electron chi connectivity index (χ0n) is 23.7. The van der Waals surface area contributed by atoms with Gasteiger partial charge < -0.3 is 9.80 Å². The predicted octanol–water partition coefficient (Wildman–Crippen LogP) is 10.7. The summed E-state index contributed by atoms with van der Waals surface area (Å²) in [6, 6.07) is 44.1. The molecule has 1 unspecified atom stereocenters. The van der Waals surface area contributed by atoms with E-state index < -0.39 is 0 Å². The Morgan fingerprint density at radius 2 is 1.07 bits per heavy atom. The topological polar surface area (TPSA) is 6.48 Å². The molecule has 0 aromatic heterocycles. The van der Waals surface area contributed by atoms with Crippen LogP contribution in [0.3, 0.4) is 0 Å². The number of hydrogen-bond acceptors (Lipinski definition) is 2. The Morgan fingerprint density at radius 1 is 0.561 bits per heavy atom. The van der Waals surface area contributed by atoms with Gasteiger partial charge in [0.2, 0.25) is 0 Å². The quantitative estimate of drug-likeness (QED) is 0.211.